The van der Waals surface area contributed by atoms with E-state index in [1.165, 1.54) is 33.8 Å². The molecule has 0 saturated carbocycles. The molecule has 1 fully saturated rings. The smallest absolute Gasteiger partial charge is 0.264 e. The van der Waals surface area contributed by atoms with E-state index in [0.717, 1.165) is 4.88 Å². The zero-order chi connectivity index (χ0) is 18.9. The number of carbonyl (C=O) groups is 1. The van der Waals surface area contributed by atoms with Crippen molar-refractivity contribution >= 4 is 38.9 Å². The number of thiophene rings is 1. The average molecular weight is 410 g/mol. The maximum absolute atomic E-state index is 12.8. The minimum atomic E-state index is -3.73. The molecule has 9 heteroatoms. The van der Waals surface area contributed by atoms with Crippen molar-refractivity contribution in [3.8, 4) is 6.07 Å². The molecule has 0 spiro atoms. The van der Waals surface area contributed by atoms with Gasteiger partial charge < -0.3 is 4.90 Å². The van der Waals surface area contributed by atoms with Crippen LogP contribution in [0.5, 0.6) is 0 Å². The Morgan fingerprint density at radius 1 is 1.19 bits per heavy atom. The van der Waals surface area contributed by atoms with E-state index in [1.54, 1.807) is 11.0 Å². The molecule has 3 rings (SSSR count). The molecule has 0 radical (unpaired) electrons. The first kappa shape index (κ1) is 18.9. The van der Waals surface area contributed by atoms with Gasteiger partial charge in [0.15, 0.2) is 0 Å². The summed E-state index contributed by atoms with van der Waals surface area (Å²) >= 11 is 7.30. The van der Waals surface area contributed by atoms with E-state index in [2.05, 4.69) is 0 Å². The molecule has 0 aliphatic carbocycles. The summed E-state index contributed by atoms with van der Waals surface area (Å²) in [5.41, 5.74) is 0.120. The maximum atomic E-state index is 12.8. The second kappa shape index (κ2) is 7.37. The van der Waals surface area contributed by atoms with E-state index in [0.29, 0.717) is 18.0 Å². The van der Waals surface area contributed by atoms with E-state index in [1.807, 2.05) is 19.1 Å². The van der Waals surface area contributed by atoms with Gasteiger partial charge in [0.1, 0.15) is 6.07 Å². The van der Waals surface area contributed by atoms with Crippen LogP contribution in [0.25, 0.3) is 0 Å². The van der Waals surface area contributed by atoms with Gasteiger partial charge in [-0.25, -0.2) is 8.42 Å². The lowest BCUT2D eigenvalue weighted by molar-refractivity contribution is 0.0703. The van der Waals surface area contributed by atoms with Gasteiger partial charge in [0.05, 0.1) is 20.4 Å². The summed E-state index contributed by atoms with van der Waals surface area (Å²) < 4.78 is 26.9. The number of nitrogens with zero attached hydrogens (tertiary/aromatic N) is 3. The number of amides is 1. The van der Waals surface area contributed by atoms with Crippen molar-refractivity contribution in [2.24, 2.45) is 0 Å². The van der Waals surface area contributed by atoms with Gasteiger partial charge in [-0.2, -0.15) is 9.57 Å². The van der Waals surface area contributed by atoms with Crippen LogP contribution >= 0.6 is 22.9 Å². The van der Waals surface area contributed by atoms with Crippen molar-refractivity contribution in [3.05, 3.63) is 50.7 Å². The van der Waals surface area contributed by atoms with Gasteiger partial charge in [-0.05, 0) is 37.3 Å². The normalized spacial score (nSPS) is 15.7. The third kappa shape index (κ3) is 3.62. The van der Waals surface area contributed by atoms with Crippen LogP contribution in [0.15, 0.2) is 35.2 Å². The van der Waals surface area contributed by atoms with Crippen molar-refractivity contribution < 1.29 is 13.2 Å². The standard InChI is InChI=1S/C17H16ClN3O3S2/c1-12-2-5-16(25-12)17(22)20-6-8-21(9-7-20)26(23,24)14-3-4-15(18)13(10-14)11-19/h2-5,10H,6-9H2,1H3. The molecule has 1 saturated heterocycles. The van der Waals surface area contributed by atoms with Crippen LogP contribution in [0.3, 0.4) is 0 Å². The van der Waals surface area contributed by atoms with Crippen LogP contribution in [-0.2, 0) is 10.0 Å². The molecule has 1 aliphatic rings. The summed E-state index contributed by atoms with van der Waals surface area (Å²) in [5, 5.41) is 9.25. The lowest BCUT2D eigenvalue weighted by Gasteiger charge is -2.33. The number of rotatable bonds is 3. The Morgan fingerprint density at radius 3 is 2.46 bits per heavy atom. The highest BCUT2D eigenvalue weighted by Crippen LogP contribution is 2.24. The number of halogens is 1. The molecular formula is C17H16ClN3O3S2. The first-order valence-electron chi connectivity index (χ1n) is 7.88. The van der Waals surface area contributed by atoms with Crippen molar-refractivity contribution in [3.63, 3.8) is 0 Å². The van der Waals surface area contributed by atoms with Gasteiger partial charge >= 0.3 is 0 Å². The van der Waals surface area contributed by atoms with E-state index in [9.17, 15) is 13.2 Å². The first-order chi connectivity index (χ1) is 12.3. The van der Waals surface area contributed by atoms with Gasteiger partial charge in [0.2, 0.25) is 10.0 Å². The zero-order valence-electron chi connectivity index (χ0n) is 14.0. The molecule has 2 heterocycles. The number of hydrogen-bond donors (Lipinski definition) is 0. The van der Waals surface area contributed by atoms with Crippen molar-refractivity contribution in [2.75, 3.05) is 26.2 Å². The number of hydrogen-bond acceptors (Lipinski definition) is 5. The molecule has 0 atom stereocenters. The summed E-state index contributed by atoms with van der Waals surface area (Å²) in [7, 11) is -3.73. The minimum absolute atomic E-state index is 0.0344. The van der Waals surface area contributed by atoms with Gasteiger partial charge in [-0.3, -0.25) is 4.79 Å². The van der Waals surface area contributed by atoms with Crippen molar-refractivity contribution in [2.45, 2.75) is 11.8 Å². The third-order valence-corrected chi connectivity index (χ3v) is 7.39. The van der Waals surface area contributed by atoms with Crippen LogP contribution in [0.1, 0.15) is 20.1 Å². The highest BCUT2D eigenvalue weighted by molar-refractivity contribution is 7.89. The Hall–Kier alpha value is -1.92. The highest BCUT2D eigenvalue weighted by Gasteiger charge is 2.31. The number of nitriles is 1. The predicted molar refractivity (Wildman–Crippen MR) is 99.9 cm³/mol. The molecule has 1 amide bonds. The first-order valence-corrected chi connectivity index (χ1v) is 10.5. The Kier molecular flexibility index (Phi) is 5.34. The van der Waals surface area contributed by atoms with Gasteiger partial charge in [-0.15, -0.1) is 11.3 Å². The Bertz CT molecular complexity index is 987. The lowest BCUT2D eigenvalue weighted by Crippen LogP contribution is -2.50. The van der Waals surface area contributed by atoms with E-state index in [4.69, 9.17) is 16.9 Å². The Morgan fingerprint density at radius 2 is 1.88 bits per heavy atom. The molecule has 26 heavy (non-hydrogen) atoms. The summed E-state index contributed by atoms with van der Waals surface area (Å²) in [4.78, 5) is 15.9. The van der Waals surface area contributed by atoms with Crippen LogP contribution in [-0.4, -0.2) is 49.7 Å². The lowest BCUT2D eigenvalue weighted by atomic mass is 10.2. The molecular weight excluding hydrogens is 394 g/mol. The molecule has 0 unspecified atom stereocenters. The average Bonchev–Trinajstić information content (AvgIpc) is 3.08. The summed E-state index contributed by atoms with van der Waals surface area (Å²) in [5.74, 6) is -0.0709. The molecule has 0 bridgehead atoms. The fourth-order valence-corrected chi connectivity index (χ4v) is 5.18. The Balaban J connectivity index is 1.73. The molecule has 6 nitrogen and oxygen atoms in total. The fraction of sp³-hybridized carbons (Fsp3) is 0.294. The molecule has 0 N–H and O–H groups in total. The fourth-order valence-electron chi connectivity index (χ4n) is 2.74. The highest BCUT2D eigenvalue weighted by atomic mass is 35.5. The number of piperazine rings is 1. The monoisotopic (exact) mass is 409 g/mol. The number of aryl methyl sites for hydroxylation is 1. The van der Waals surface area contributed by atoms with E-state index in [-0.39, 0.29) is 34.5 Å². The molecule has 136 valence electrons. The minimum Gasteiger partial charge on any atom is -0.335 e. The van der Waals surface area contributed by atoms with Crippen molar-refractivity contribution in [1.29, 1.82) is 5.26 Å². The van der Waals surface area contributed by atoms with E-state index < -0.39 is 10.0 Å². The van der Waals surface area contributed by atoms with Gasteiger partial charge in [-0.1, -0.05) is 11.6 Å². The largest absolute Gasteiger partial charge is 0.335 e. The van der Waals surface area contributed by atoms with Crippen LogP contribution in [0.2, 0.25) is 5.02 Å². The summed E-state index contributed by atoms with van der Waals surface area (Å²) in [6.07, 6.45) is 0. The predicted octanol–water partition coefficient (Wildman–Crippen LogP) is 2.73. The molecule has 2 aromatic rings. The van der Waals surface area contributed by atoms with Crippen LogP contribution in [0.4, 0.5) is 0 Å². The zero-order valence-corrected chi connectivity index (χ0v) is 16.4. The SMILES string of the molecule is Cc1ccc(C(=O)N2CCN(S(=O)(=O)c3ccc(Cl)c(C#N)c3)CC2)s1. The van der Waals surface area contributed by atoms with Gasteiger partial charge in [0, 0.05) is 31.1 Å². The number of benzene rings is 1. The summed E-state index contributed by atoms with van der Waals surface area (Å²) in [6, 6.07) is 9.66. The van der Waals surface area contributed by atoms with Crippen LogP contribution < -0.4 is 0 Å². The second-order valence-corrected chi connectivity index (χ2v) is 9.49. The topological polar surface area (TPSA) is 81.5 Å². The third-order valence-electron chi connectivity index (χ3n) is 4.17. The second-order valence-electron chi connectivity index (χ2n) is 5.86. The van der Waals surface area contributed by atoms with Crippen LogP contribution in [0, 0.1) is 18.3 Å². The number of sulfonamides is 1. The number of carbonyl (C=O) groups excluding carboxylic acids is 1. The van der Waals surface area contributed by atoms with Crippen molar-refractivity contribution in [1.82, 2.24) is 9.21 Å². The summed E-state index contributed by atoms with van der Waals surface area (Å²) in [6.45, 7) is 3.01. The Labute approximate surface area is 161 Å². The molecule has 1 aromatic carbocycles. The maximum Gasteiger partial charge on any atom is 0.264 e. The molecule has 1 aromatic heterocycles. The quantitative estimate of drug-likeness (QED) is 0.780. The van der Waals surface area contributed by atoms with Gasteiger partial charge in [0.25, 0.3) is 5.91 Å². The van der Waals surface area contributed by atoms with E-state index >= 15 is 0 Å². The molecule has 1 aliphatic heterocycles.